The van der Waals surface area contributed by atoms with Crippen LogP contribution in [0.1, 0.15) is 11.4 Å². The number of aryl methyl sites for hydroxylation is 2. The largest absolute Gasteiger partial charge is 0.508 e. The van der Waals surface area contributed by atoms with Crippen molar-refractivity contribution >= 4 is 8.53 Å². The fraction of sp³-hybridized carbons (Fsp3) is 0.444. The molecule has 1 aliphatic heterocycles. The van der Waals surface area contributed by atoms with Gasteiger partial charge in [0.05, 0.1) is 13.2 Å². The van der Waals surface area contributed by atoms with Gasteiger partial charge >= 0.3 is 8.53 Å². The maximum atomic E-state index is 5.51. The van der Waals surface area contributed by atoms with Crippen LogP contribution in [0.15, 0.2) is 18.2 Å². The van der Waals surface area contributed by atoms with Gasteiger partial charge < -0.3 is 0 Å². The van der Waals surface area contributed by atoms with Crippen LogP contribution in [-0.4, -0.2) is 13.2 Å². The van der Waals surface area contributed by atoms with Crippen molar-refractivity contribution in [1.82, 2.24) is 0 Å². The van der Waals surface area contributed by atoms with E-state index in [1.165, 1.54) is 11.4 Å². The summed E-state index contributed by atoms with van der Waals surface area (Å²) in [6, 6.07) is 6.19. The number of hydrogen-bond acceptors (Lipinski definition) is 2. The highest BCUT2D eigenvalue weighted by molar-refractivity contribution is 7.39. The van der Waals surface area contributed by atoms with Crippen molar-refractivity contribution in [2.75, 3.05) is 13.2 Å². The summed E-state index contributed by atoms with van der Waals surface area (Å²) in [7, 11) is -0.865. The molecule has 0 bridgehead atoms. The van der Waals surface area contributed by atoms with Gasteiger partial charge in [-0.15, -0.1) is 4.34 Å². The maximum absolute atomic E-state index is 5.51. The second-order valence-electron chi connectivity index (χ2n) is 3.02. The van der Waals surface area contributed by atoms with Crippen LogP contribution in [0.2, 0.25) is 0 Å². The standard InChI is InChI=1S/C9H13NO2P/c1-8-4-3-5-9(2)10(8)13-11-6-7-12-13/h3-5H,6-7H2,1-2H3/q+1. The van der Waals surface area contributed by atoms with Gasteiger partial charge in [0.25, 0.3) is 0 Å². The Morgan fingerprint density at radius 2 is 1.69 bits per heavy atom. The molecule has 0 unspecified atom stereocenters. The number of rotatable bonds is 1. The highest BCUT2D eigenvalue weighted by Crippen LogP contribution is 2.37. The first-order chi connectivity index (χ1) is 6.29. The number of pyridine rings is 1. The number of hydrogen-bond donors (Lipinski definition) is 0. The molecule has 0 saturated carbocycles. The van der Waals surface area contributed by atoms with Gasteiger partial charge in [0.2, 0.25) is 0 Å². The van der Waals surface area contributed by atoms with Crippen molar-refractivity contribution in [2.45, 2.75) is 13.8 Å². The maximum Gasteiger partial charge on any atom is 0.508 e. The highest BCUT2D eigenvalue weighted by atomic mass is 31.2. The molecular formula is C9H13NO2P+. The summed E-state index contributed by atoms with van der Waals surface area (Å²) >= 11 is 0. The molecule has 1 fully saturated rings. The Balaban J connectivity index is 2.37. The first-order valence-electron chi connectivity index (χ1n) is 4.33. The lowest BCUT2D eigenvalue weighted by Crippen LogP contribution is -2.34. The van der Waals surface area contributed by atoms with Gasteiger partial charge in [0, 0.05) is 26.0 Å². The minimum atomic E-state index is -0.865. The van der Waals surface area contributed by atoms with Gasteiger partial charge in [0.1, 0.15) is 0 Å². The van der Waals surface area contributed by atoms with E-state index in [-0.39, 0.29) is 0 Å². The number of aromatic nitrogens is 1. The van der Waals surface area contributed by atoms with E-state index in [1.54, 1.807) is 0 Å². The van der Waals surface area contributed by atoms with E-state index in [0.717, 1.165) is 0 Å². The van der Waals surface area contributed by atoms with E-state index in [2.05, 4.69) is 30.3 Å². The van der Waals surface area contributed by atoms with Crippen molar-refractivity contribution < 1.29 is 13.4 Å². The Hall–Kier alpha value is -0.500. The second-order valence-corrected chi connectivity index (χ2v) is 4.42. The summed E-state index contributed by atoms with van der Waals surface area (Å²) in [5.74, 6) is 0. The molecule has 0 atom stereocenters. The Labute approximate surface area is 79.3 Å². The lowest BCUT2D eigenvalue weighted by molar-refractivity contribution is -0.543. The quantitative estimate of drug-likeness (QED) is 0.641. The molecule has 13 heavy (non-hydrogen) atoms. The molecule has 2 rings (SSSR count). The third-order valence-electron chi connectivity index (χ3n) is 1.99. The van der Waals surface area contributed by atoms with Gasteiger partial charge in [0.15, 0.2) is 11.4 Å². The third-order valence-corrected chi connectivity index (χ3v) is 3.76. The van der Waals surface area contributed by atoms with Gasteiger partial charge in [-0.3, -0.25) is 9.05 Å². The molecule has 70 valence electrons. The van der Waals surface area contributed by atoms with Crippen molar-refractivity contribution in [3.8, 4) is 0 Å². The molecule has 0 amide bonds. The molecule has 4 heteroatoms. The average molecular weight is 198 g/mol. The summed E-state index contributed by atoms with van der Waals surface area (Å²) in [5, 5.41) is 0. The third kappa shape index (κ3) is 1.73. The van der Waals surface area contributed by atoms with Crippen molar-refractivity contribution in [3.63, 3.8) is 0 Å². The van der Waals surface area contributed by atoms with Crippen molar-refractivity contribution in [2.24, 2.45) is 0 Å². The summed E-state index contributed by atoms with van der Waals surface area (Å²) in [6.45, 7) is 5.57. The van der Waals surface area contributed by atoms with Crippen LogP contribution in [0.25, 0.3) is 0 Å². The van der Waals surface area contributed by atoms with Gasteiger partial charge in [-0.2, -0.15) is 0 Å². The van der Waals surface area contributed by atoms with Gasteiger partial charge in [-0.25, -0.2) is 0 Å². The molecule has 1 aromatic rings. The van der Waals surface area contributed by atoms with E-state index in [0.29, 0.717) is 13.2 Å². The molecule has 0 aliphatic carbocycles. The smallest absolute Gasteiger partial charge is 0.277 e. The number of nitrogens with zero attached hydrogens (tertiary/aromatic N) is 1. The molecule has 1 aliphatic rings. The fourth-order valence-corrected chi connectivity index (χ4v) is 2.80. The van der Waals surface area contributed by atoms with E-state index >= 15 is 0 Å². The van der Waals surface area contributed by atoms with Crippen LogP contribution < -0.4 is 4.34 Å². The summed E-state index contributed by atoms with van der Waals surface area (Å²) in [6.07, 6.45) is 0. The zero-order chi connectivity index (χ0) is 9.26. The average Bonchev–Trinajstić information content (AvgIpc) is 2.57. The Morgan fingerprint density at radius 1 is 1.15 bits per heavy atom. The van der Waals surface area contributed by atoms with Crippen LogP contribution in [-0.2, 0) is 9.05 Å². The van der Waals surface area contributed by atoms with Crippen molar-refractivity contribution in [3.05, 3.63) is 29.6 Å². The van der Waals surface area contributed by atoms with Crippen LogP contribution in [0.5, 0.6) is 0 Å². The minimum absolute atomic E-state index is 0.715. The lowest BCUT2D eigenvalue weighted by atomic mass is 10.3. The molecule has 1 saturated heterocycles. The Bertz CT molecular complexity index is 290. The molecule has 2 heterocycles. The zero-order valence-corrected chi connectivity index (χ0v) is 8.75. The molecule has 0 radical (unpaired) electrons. The van der Waals surface area contributed by atoms with Crippen LogP contribution in [0, 0.1) is 13.8 Å². The van der Waals surface area contributed by atoms with E-state index < -0.39 is 8.53 Å². The molecule has 0 aromatic carbocycles. The SMILES string of the molecule is Cc1cccc(C)[n+]1P1OCCO1. The van der Waals surface area contributed by atoms with Crippen molar-refractivity contribution in [1.29, 1.82) is 0 Å². The molecular weight excluding hydrogens is 185 g/mol. The zero-order valence-electron chi connectivity index (χ0n) is 7.86. The monoisotopic (exact) mass is 198 g/mol. The molecule has 3 nitrogen and oxygen atoms in total. The molecule has 1 aromatic heterocycles. The Morgan fingerprint density at radius 3 is 2.23 bits per heavy atom. The first kappa shape index (κ1) is 9.07. The highest BCUT2D eigenvalue weighted by Gasteiger charge is 2.33. The van der Waals surface area contributed by atoms with Crippen LogP contribution in [0.4, 0.5) is 0 Å². The Kier molecular flexibility index (Phi) is 2.58. The predicted octanol–water partition coefficient (Wildman–Crippen LogP) is 1.71. The second kappa shape index (κ2) is 3.70. The molecule has 0 spiro atoms. The lowest BCUT2D eigenvalue weighted by Gasteiger charge is -2.04. The van der Waals surface area contributed by atoms with E-state index in [9.17, 15) is 0 Å². The summed E-state index contributed by atoms with van der Waals surface area (Å²) in [5.41, 5.74) is 2.38. The molecule has 0 N–H and O–H groups in total. The van der Waals surface area contributed by atoms with E-state index in [4.69, 9.17) is 9.05 Å². The van der Waals surface area contributed by atoms with E-state index in [1.807, 2.05) is 6.07 Å². The summed E-state index contributed by atoms with van der Waals surface area (Å²) in [4.78, 5) is 0. The first-order valence-corrected chi connectivity index (χ1v) is 5.46. The topological polar surface area (TPSA) is 22.3 Å². The fourth-order valence-electron chi connectivity index (χ4n) is 1.39. The van der Waals surface area contributed by atoms with Gasteiger partial charge in [-0.1, -0.05) is 0 Å². The minimum Gasteiger partial charge on any atom is -0.277 e. The predicted molar refractivity (Wildman–Crippen MR) is 50.3 cm³/mol. The summed E-state index contributed by atoms with van der Waals surface area (Å²) < 4.78 is 13.1. The van der Waals surface area contributed by atoms with Crippen LogP contribution >= 0.6 is 8.53 Å². The van der Waals surface area contributed by atoms with Crippen LogP contribution in [0.3, 0.4) is 0 Å². The normalized spacial score (nSPS) is 18.0. The van der Waals surface area contributed by atoms with Gasteiger partial charge in [-0.05, 0) is 6.07 Å².